The fourth-order valence-electron chi connectivity index (χ4n) is 1.32. The van der Waals surface area contributed by atoms with Crippen LogP contribution in [0.15, 0.2) is 0 Å². The summed E-state index contributed by atoms with van der Waals surface area (Å²) < 4.78 is 4.86. The van der Waals surface area contributed by atoms with Gasteiger partial charge < -0.3 is 9.64 Å². The lowest BCUT2D eigenvalue weighted by Gasteiger charge is -2.19. The molecule has 0 radical (unpaired) electrons. The van der Waals surface area contributed by atoms with E-state index >= 15 is 0 Å². The standard InChI is InChI=1S/C11H17NO2/c1-3-7-12(9-10-4-5-10)11(13)6-8-14-2/h1,10H,4-9H2,2H3. The van der Waals surface area contributed by atoms with Crippen molar-refractivity contribution in [3.05, 3.63) is 0 Å². The van der Waals surface area contributed by atoms with Crippen molar-refractivity contribution < 1.29 is 9.53 Å². The molecule has 0 aromatic carbocycles. The number of amides is 1. The zero-order valence-corrected chi connectivity index (χ0v) is 8.66. The summed E-state index contributed by atoms with van der Waals surface area (Å²) in [4.78, 5) is 13.4. The monoisotopic (exact) mass is 195 g/mol. The number of ether oxygens (including phenoxy) is 1. The first-order valence-corrected chi connectivity index (χ1v) is 4.98. The Balaban J connectivity index is 2.31. The van der Waals surface area contributed by atoms with Gasteiger partial charge in [-0.15, -0.1) is 6.42 Å². The van der Waals surface area contributed by atoms with E-state index in [0.717, 1.165) is 6.54 Å². The molecule has 0 bridgehead atoms. The van der Waals surface area contributed by atoms with Crippen LogP contribution in [-0.2, 0) is 9.53 Å². The van der Waals surface area contributed by atoms with Gasteiger partial charge in [0.2, 0.25) is 5.91 Å². The maximum atomic E-state index is 11.6. The van der Waals surface area contributed by atoms with Crippen molar-refractivity contribution >= 4 is 5.91 Å². The minimum Gasteiger partial charge on any atom is -0.384 e. The van der Waals surface area contributed by atoms with Gasteiger partial charge in [0.05, 0.1) is 19.6 Å². The molecule has 1 rings (SSSR count). The van der Waals surface area contributed by atoms with E-state index in [4.69, 9.17) is 11.2 Å². The molecule has 0 spiro atoms. The second kappa shape index (κ2) is 5.66. The Morgan fingerprint density at radius 1 is 1.64 bits per heavy atom. The number of rotatable bonds is 6. The van der Waals surface area contributed by atoms with Crippen LogP contribution in [0.3, 0.4) is 0 Å². The smallest absolute Gasteiger partial charge is 0.225 e. The summed E-state index contributed by atoms with van der Waals surface area (Å²) in [6.07, 6.45) is 8.12. The maximum absolute atomic E-state index is 11.6. The quantitative estimate of drug-likeness (QED) is 0.589. The number of nitrogens with zero attached hydrogens (tertiary/aromatic N) is 1. The normalized spacial score (nSPS) is 14.9. The lowest BCUT2D eigenvalue weighted by atomic mass is 10.3. The van der Waals surface area contributed by atoms with Crippen LogP contribution >= 0.6 is 0 Å². The molecule has 1 saturated carbocycles. The van der Waals surface area contributed by atoms with Crippen molar-refractivity contribution in [2.75, 3.05) is 26.8 Å². The van der Waals surface area contributed by atoms with Crippen molar-refractivity contribution in [2.24, 2.45) is 5.92 Å². The second-order valence-corrected chi connectivity index (χ2v) is 3.66. The Morgan fingerprint density at radius 3 is 2.86 bits per heavy atom. The highest BCUT2D eigenvalue weighted by Gasteiger charge is 2.25. The van der Waals surface area contributed by atoms with Gasteiger partial charge in [-0.1, -0.05) is 5.92 Å². The van der Waals surface area contributed by atoms with Gasteiger partial charge in [-0.2, -0.15) is 0 Å². The summed E-state index contributed by atoms with van der Waals surface area (Å²) in [7, 11) is 1.60. The van der Waals surface area contributed by atoms with E-state index in [9.17, 15) is 4.79 Å². The molecule has 1 aliphatic rings. The summed E-state index contributed by atoms with van der Waals surface area (Å²) in [5, 5.41) is 0. The summed E-state index contributed by atoms with van der Waals surface area (Å²) in [6.45, 7) is 1.73. The lowest BCUT2D eigenvalue weighted by Crippen LogP contribution is -2.33. The summed E-state index contributed by atoms with van der Waals surface area (Å²) in [6, 6.07) is 0. The van der Waals surface area contributed by atoms with Gasteiger partial charge in [0.25, 0.3) is 0 Å². The number of carbonyl (C=O) groups excluding carboxylic acids is 1. The van der Waals surface area contributed by atoms with E-state index in [2.05, 4.69) is 5.92 Å². The molecule has 0 N–H and O–H groups in total. The minimum absolute atomic E-state index is 0.108. The topological polar surface area (TPSA) is 29.5 Å². The summed E-state index contributed by atoms with van der Waals surface area (Å²) >= 11 is 0. The predicted octanol–water partition coefficient (Wildman–Crippen LogP) is 0.895. The van der Waals surface area contributed by atoms with Crippen LogP contribution < -0.4 is 0 Å². The molecule has 14 heavy (non-hydrogen) atoms. The lowest BCUT2D eigenvalue weighted by molar-refractivity contribution is -0.131. The molecule has 0 aromatic heterocycles. The van der Waals surface area contributed by atoms with Gasteiger partial charge in [0, 0.05) is 13.7 Å². The van der Waals surface area contributed by atoms with Crippen molar-refractivity contribution in [1.29, 1.82) is 0 Å². The number of terminal acetylenes is 1. The molecule has 3 heteroatoms. The van der Waals surface area contributed by atoms with Crippen LogP contribution in [-0.4, -0.2) is 37.6 Å². The SMILES string of the molecule is C#CCN(CC1CC1)C(=O)CCOC. The third kappa shape index (κ3) is 3.80. The van der Waals surface area contributed by atoms with Gasteiger partial charge in [-0.3, -0.25) is 4.79 Å². The largest absolute Gasteiger partial charge is 0.384 e. The number of methoxy groups -OCH3 is 1. The van der Waals surface area contributed by atoms with Crippen LogP contribution in [0, 0.1) is 18.3 Å². The molecule has 0 atom stereocenters. The molecule has 1 fully saturated rings. The average molecular weight is 195 g/mol. The van der Waals surface area contributed by atoms with Crippen molar-refractivity contribution in [3.63, 3.8) is 0 Å². The molecule has 0 aromatic rings. The second-order valence-electron chi connectivity index (χ2n) is 3.66. The molecule has 0 saturated heterocycles. The van der Waals surface area contributed by atoms with Crippen LogP contribution in [0.5, 0.6) is 0 Å². The number of carbonyl (C=O) groups is 1. The Hall–Kier alpha value is -1.01. The first kappa shape index (κ1) is 11.1. The van der Waals surface area contributed by atoms with Crippen LogP contribution in [0.4, 0.5) is 0 Å². The molecule has 0 heterocycles. The maximum Gasteiger partial charge on any atom is 0.225 e. The highest BCUT2D eigenvalue weighted by Crippen LogP contribution is 2.29. The third-order valence-corrected chi connectivity index (χ3v) is 2.33. The number of hydrogen-bond donors (Lipinski definition) is 0. The molecular weight excluding hydrogens is 178 g/mol. The van der Waals surface area contributed by atoms with E-state index < -0.39 is 0 Å². The molecule has 1 aliphatic carbocycles. The van der Waals surface area contributed by atoms with E-state index in [1.54, 1.807) is 12.0 Å². The highest BCUT2D eigenvalue weighted by molar-refractivity contribution is 5.76. The van der Waals surface area contributed by atoms with E-state index in [1.165, 1.54) is 12.8 Å². The summed E-state index contributed by atoms with van der Waals surface area (Å²) in [5.41, 5.74) is 0. The Morgan fingerprint density at radius 2 is 2.36 bits per heavy atom. The van der Waals surface area contributed by atoms with E-state index in [-0.39, 0.29) is 5.91 Å². The fourth-order valence-corrected chi connectivity index (χ4v) is 1.32. The molecule has 0 unspecified atom stereocenters. The molecule has 78 valence electrons. The Kier molecular flexibility index (Phi) is 4.48. The van der Waals surface area contributed by atoms with Crippen LogP contribution in [0.25, 0.3) is 0 Å². The van der Waals surface area contributed by atoms with Crippen molar-refractivity contribution in [2.45, 2.75) is 19.3 Å². The zero-order chi connectivity index (χ0) is 10.4. The fraction of sp³-hybridized carbons (Fsp3) is 0.727. The average Bonchev–Trinajstić information content (AvgIpc) is 2.97. The van der Waals surface area contributed by atoms with Crippen LogP contribution in [0.1, 0.15) is 19.3 Å². The Bertz CT molecular complexity index is 228. The zero-order valence-electron chi connectivity index (χ0n) is 8.66. The first-order valence-electron chi connectivity index (χ1n) is 4.98. The van der Waals surface area contributed by atoms with Gasteiger partial charge in [-0.25, -0.2) is 0 Å². The number of hydrogen-bond acceptors (Lipinski definition) is 2. The third-order valence-electron chi connectivity index (χ3n) is 2.33. The molecular formula is C11H17NO2. The molecule has 0 aliphatic heterocycles. The van der Waals surface area contributed by atoms with Gasteiger partial charge in [0.1, 0.15) is 0 Å². The minimum atomic E-state index is 0.108. The molecule has 1 amide bonds. The molecule has 3 nitrogen and oxygen atoms in total. The van der Waals surface area contributed by atoms with E-state index in [1.807, 2.05) is 0 Å². The van der Waals surface area contributed by atoms with Gasteiger partial charge >= 0.3 is 0 Å². The highest BCUT2D eigenvalue weighted by atomic mass is 16.5. The van der Waals surface area contributed by atoms with Gasteiger partial charge in [0.15, 0.2) is 0 Å². The van der Waals surface area contributed by atoms with Gasteiger partial charge in [-0.05, 0) is 18.8 Å². The Labute approximate surface area is 85.4 Å². The van der Waals surface area contributed by atoms with Crippen molar-refractivity contribution in [3.8, 4) is 12.3 Å². The first-order chi connectivity index (χ1) is 6.77. The van der Waals surface area contributed by atoms with Crippen molar-refractivity contribution in [1.82, 2.24) is 4.90 Å². The predicted molar refractivity (Wildman–Crippen MR) is 54.6 cm³/mol. The van der Waals surface area contributed by atoms with Crippen LogP contribution in [0.2, 0.25) is 0 Å². The van der Waals surface area contributed by atoms with E-state index in [0.29, 0.717) is 25.5 Å². The summed E-state index contributed by atoms with van der Waals surface area (Å²) in [5.74, 6) is 3.32.